The first kappa shape index (κ1) is 19.6. The van der Waals surface area contributed by atoms with Gasteiger partial charge >= 0.3 is 0 Å². The molecule has 2 aliphatic rings. The zero-order chi connectivity index (χ0) is 21.4. The number of aromatic nitrogens is 4. The number of amides is 1. The molecule has 5 rings (SSSR count). The van der Waals surface area contributed by atoms with Crippen LogP contribution >= 0.6 is 11.6 Å². The molecule has 0 unspecified atom stereocenters. The Morgan fingerprint density at radius 3 is 2.77 bits per heavy atom. The van der Waals surface area contributed by atoms with Gasteiger partial charge in [0.25, 0.3) is 5.78 Å². The predicted octanol–water partition coefficient (Wildman–Crippen LogP) is 2.22. The Labute approximate surface area is 183 Å². The number of hydrogen-bond acceptors (Lipinski definition) is 7. The highest BCUT2D eigenvalue weighted by atomic mass is 35.5. The molecule has 2 aliphatic heterocycles. The number of rotatable bonds is 3. The van der Waals surface area contributed by atoms with Crippen LogP contribution in [0, 0.1) is 6.92 Å². The fourth-order valence-corrected chi connectivity index (χ4v) is 4.07. The Bertz CT molecular complexity index is 1170. The summed E-state index contributed by atoms with van der Waals surface area (Å²) in [7, 11) is 0. The predicted molar refractivity (Wildman–Crippen MR) is 116 cm³/mol. The van der Waals surface area contributed by atoms with E-state index in [1.807, 2.05) is 24.0 Å². The molecule has 2 aromatic heterocycles. The van der Waals surface area contributed by atoms with Crippen LogP contribution in [0.25, 0.3) is 11.9 Å². The van der Waals surface area contributed by atoms with Crippen molar-refractivity contribution in [2.75, 3.05) is 44.3 Å². The molecule has 0 atom stereocenters. The number of hydrogen-bond donors (Lipinski definition) is 0. The van der Waals surface area contributed by atoms with Crippen molar-refractivity contribution in [3.8, 4) is 11.5 Å². The van der Waals surface area contributed by atoms with E-state index in [2.05, 4.69) is 20.0 Å². The highest BCUT2D eigenvalue weighted by molar-refractivity contribution is 6.32. The van der Waals surface area contributed by atoms with Gasteiger partial charge in [-0.3, -0.25) is 4.79 Å². The maximum Gasteiger partial charge on any atom is 0.254 e. The van der Waals surface area contributed by atoms with E-state index >= 15 is 0 Å². The van der Waals surface area contributed by atoms with Crippen molar-refractivity contribution in [2.24, 2.45) is 0 Å². The van der Waals surface area contributed by atoms with Gasteiger partial charge < -0.3 is 19.3 Å². The van der Waals surface area contributed by atoms with E-state index in [0.717, 1.165) is 17.1 Å². The molecule has 4 heterocycles. The van der Waals surface area contributed by atoms with Crippen LogP contribution in [0.1, 0.15) is 11.3 Å². The summed E-state index contributed by atoms with van der Waals surface area (Å²) in [6.07, 6.45) is 4.83. The first-order valence-corrected chi connectivity index (χ1v) is 10.4. The van der Waals surface area contributed by atoms with Gasteiger partial charge in [0.15, 0.2) is 11.5 Å². The Morgan fingerprint density at radius 1 is 1.13 bits per heavy atom. The van der Waals surface area contributed by atoms with Crippen molar-refractivity contribution in [1.29, 1.82) is 0 Å². The highest BCUT2D eigenvalue weighted by Gasteiger charge is 2.22. The number of aryl methyl sites for hydroxylation is 1. The van der Waals surface area contributed by atoms with Gasteiger partial charge in [-0.1, -0.05) is 11.6 Å². The van der Waals surface area contributed by atoms with Crippen LogP contribution < -0.4 is 14.4 Å². The number of piperazine rings is 1. The van der Waals surface area contributed by atoms with Gasteiger partial charge in [0.1, 0.15) is 25.4 Å². The molecular weight excluding hydrogens is 420 g/mol. The number of fused-ring (bicyclic) bond motifs is 2. The lowest BCUT2D eigenvalue weighted by molar-refractivity contribution is -0.126. The van der Waals surface area contributed by atoms with Crippen LogP contribution in [-0.2, 0) is 4.79 Å². The fraction of sp³-hybridized carbons (Fsp3) is 0.333. The molecule has 1 saturated heterocycles. The molecule has 0 radical (unpaired) electrons. The molecular formula is C21H21ClN6O3. The molecule has 160 valence electrons. The summed E-state index contributed by atoms with van der Waals surface area (Å²) in [6.45, 7) is 5.53. The molecule has 1 aromatic carbocycles. The van der Waals surface area contributed by atoms with Crippen LogP contribution in [0.5, 0.6) is 11.5 Å². The standard InChI is InChI=1S/C21H21ClN6O3/c1-14-10-18(28-21(25-14)23-13-24-28)26-4-6-27(7-5-26)19(29)3-2-15-11-16(22)20-17(12-15)30-8-9-31-20/h2-3,10-13H,4-9H2,1H3/b3-2+. The van der Waals surface area contributed by atoms with Gasteiger partial charge in [0.05, 0.1) is 5.02 Å². The lowest BCUT2D eigenvalue weighted by atomic mass is 10.1. The lowest BCUT2D eigenvalue weighted by Crippen LogP contribution is -2.48. The third-order valence-electron chi connectivity index (χ3n) is 5.31. The Hall–Kier alpha value is -3.33. The van der Waals surface area contributed by atoms with Gasteiger partial charge in [0.2, 0.25) is 5.91 Å². The average molecular weight is 441 g/mol. The second-order valence-corrected chi connectivity index (χ2v) is 7.81. The van der Waals surface area contributed by atoms with Gasteiger partial charge in [0, 0.05) is 44.0 Å². The summed E-state index contributed by atoms with van der Waals surface area (Å²) in [5, 5.41) is 4.75. The van der Waals surface area contributed by atoms with Crippen LogP contribution in [0.2, 0.25) is 5.02 Å². The quantitative estimate of drug-likeness (QED) is 0.577. The highest BCUT2D eigenvalue weighted by Crippen LogP contribution is 2.38. The molecule has 0 aliphatic carbocycles. The number of carbonyl (C=O) groups is 1. The third kappa shape index (κ3) is 3.88. The molecule has 10 heteroatoms. The molecule has 0 bridgehead atoms. The van der Waals surface area contributed by atoms with Crippen molar-refractivity contribution in [3.05, 3.63) is 46.9 Å². The number of benzene rings is 1. The second kappa shape index (κ2) is 8.07. The minimum Gasteiger partial charge on any atom is -0.486 e. The van der Waals surface area contributed by atoms with Crippen molar-refractivity contribution in [2.45, 2.75) is 6.92 Å². The molecule has 0 spiro atoms. The van der Waals surface area contributed by atoms with E-state index in [-0.39, 0.29) is 5.91 Å². The topological polar surface area (TPSA) is 85.1 Å². The van der Waals surface area contributed by atoms with Crippen molar-refractivity contribution in [3.63, 3.8) is 0 Å². The summed E-state index contributed by atoms with van der Waals surface area (Å²) < 4.78 is 12.9. The summed E-state index contributed by atoms with van der Waals surface area (Å²) >= 11 is 6.27. The Kier molecular flexibility index (Phi) is 5.11. The second-order valence-electron chi connectivity index (χ2n) is 7.40. The first-order chi connectivity index (χ1) is 15.1. The van der Waals surface area contributed by atoms with Gasteiger partial charge in [-0.2, -0.15) is 14.6 Å². The normalized spacial score (nSPS) is 16.3. The monoisotopic (exact) mass is 440 g/mol. The zero-order valence-electron chi connectivity index (χ0n) is 17.0. The van der Waals surface area contributed by atoms with E-state index in [1.54, 1.807) is 22.7 Å². The maximum absolute atomic E-state index is 12.7. The minimum atomic E-state index is -0.0394. The smallest absolute Gasteiger partial charge is 0.254 e. The van der Waals surface area contributed by atoms with Gasteiger partial charge in [-0.15, -0.1) is 0 Å². The van der Waals surface area contributed by atoms with Crippen LogP contribution in [0.4, 0.5) is 5.82 Å². The zero-order valence-corrected chi connectivity index (χ0v) is 17.7. The molecule has 31 heavy (non-hydrogen) atoms. The Morgan fingerprint density at radius 2 is 1.94 bits per heavy atom. The summed E-state index contributed by atoms with van der Waals surface area (Å²) in [6, 6.07) is 5.59. The first-order valence-electron chi connectivity index (χ1n) is 10.1. The molecule has 9 nitrogen and oxygen atoms in total. The molecule has 0 N–H and O–H groups in total. The third-order valence-corrected chi connectivity index (χ3v) is 5.59. The van der Waals surface area contributed by atoms with Crippen molar-refractivity contribution < 1.29 is 14.3 Å². The summed E-state index contributed by atoms with van der Waals surface area (Å²) in [4.78, 5) is 25.3. The fourth-order valence-electron chi connectivity index (χ4n) is 3.79. The van der Waals surface area contributed by atoms with Crippen LogP contribution in [0.3, 0.4) is 0 Å². The maximum atomic E-state index is 12.7. The number of halogens is 1. The molecule has 1 amide bonds. The van der Waals surface area contributed by atoms with Crippen molar-refractivity contribution >= 4 is 35.2 Å². The van der Waals surface area contributed by atoms with E-state index in [0.29, 0.717) is 61.7 Å². The van der Waals surface area contributed by atoms with E-state index in [1.165, 1.54) is 6.33 Å². The largest absolute Gasteiger partial charge is 0.486 e. The van der Waals surface area contributed by atoms with Crippen LogP contribution in [-0.4, -0.2) is 69.8 Å². The number of anilines is 1. The van der Waals surface area contributed by atoms with E-state index in [4.69, 9.17) is 21.1 Å². The summed E-state index contributed by atoms with van der Waals surface area (Å²) in [5.41, 5.74) is 1.68. The van der Waals surface area contributed by atoms with E-state index < -0.39 is 0 Å². The molecule has 0 saturated carbocycles. The summed E-state index contributed by atoms with van der Waals surface area (Å²) in [5.74, 6) is 2.64. The van der Waals surface area contributed by atoms with E-state index in [9.17, 15) is 4.79 Å². The van der Waals surface area contributed by atoms with Crippen LogP contribution in [0.15, 0.2) is 30.6 Å². The average Bonchev–Trinajstić information content (AvgIpc) is 3.25. The molecule has 1 fully saturated rings. The molecule has 3 aromatic rings. The minimum absolute atomic E-state index is 0.0394. The lowest BCUT2D eigenvalue weighted by Gasteiger charge is -2.35. The number of nitrogens with zero attached hydrogens (tertiary/aromatic N) is 6. The van der Waals surface area contributed by atoms with Gasteiger partial charge in [-0.25, -0.2) is 4.98 Å². The number of ether oxygens (including phenoxy) is 2. The Balaban J connectivity index is 1.25. The SMILES string of the molecule is Cc1cc(N2CCN(C(=O)/C=C/c3cc(Cl)c4c(c3)OCCO4)CC2)n2ncnc2n1. The van der Waals surface area contributed by atoms with Gasteiger partial charge in [-0.05, 0) is 30.7 Å². The van der Waals surface area contributed by atoms with Crippen molar-refractivity contribution in [1.82, 2.24) is 24.5 Å². The number of carbonyl (C=O) groups excluding carboxylic acids is 1.